The summed E-state index contributed by atoms with van der Waals surface area (Å²) in [5.41, 5.74) is 1.19. The molecule has 2 aliphatic rings. The van der Waals surface area contributed by atoms with E-state index in [1.165, 1.54) is 17.0 Å². The first-order chi connectivity index (χ1) is 8.33. The Morgan fingerprint density at radius 3 is 3.18 bits per heavy atom. The molecule has 6 heteroatoms. The fourth-order valence-electron chi connectivity index (χ4n) is 2.17. The Bertz CT molecular complexity index is 405. The van der Waals surface area contributed by atoms with Crippen molar-refractivity contribution in [3.8, 4) is 0 Å². The van der Waals surface area contributed by atoms with Crippen LogP contribution in [0.25, 0.3) is 0 Å². The minimum Gasteiger partial charge on any atom is -0.304 e. The number of amides is 1. The third-order valence-corrected chi connectivity index (χ3v) is 5.20. The maximum atomic E-state index is 12.0. The number of hydrogen-bond acceptors (Lipinski definition) is 5. The number of hydrogen-bond donors (Lipinski definition) is 2. The highest BCUT2D eigenvalue weighted by atomic mass is 32.2. The van der Waals surface area contributed by atoms with E-state index in [0.29, 0.717) is 0 Å². The van der Waals surface area contributed by atoms with Gasteiger partial charge in [-0.05, 0) is 19.3 Å². The molecule has 4 nitrogen and oxygen atoms in total. The molecular weight excluding hydrogens is 254 g/mol. The minimum atomic E-state index is -0.0625. The maximum absolute atomic E-state index is 12.0. The zero-order chi connectivity index (χ0) is 11.7. The van der Waals surface area contributed by atoms with E-state index in [2.05, 4.69) is 15.6 Å². The van der Waals surface area contributed by atoms with E-state index in [9.17, 15) is 4.79 Å². The van der Waals surface area contributed by atoms with Gasteiger partial charge in [-0.15, -0.1) is 11.3 Å². The van der Waals surface area contributed by atoms with Crippen LogP contribution in [-0.2, 0) is 17.6 Å². The second kappa shape index (κ2) is 4.96. The van der Waals surface area contributed by atoms with Crippen molar-refractivity contribution < 1.29 is 4.79 Å². The third kappa shape index (κ3) is 2.48. The van der Waals surface area contributed by atoms with Crippen molar-refractivity contribution in [3.63, 3.8) is 0 Å². The molecule has 0 saturated carbocycles. The average molecular weight is 269 g/mol. The maximum Gasteiger partial charge on any atom is 0.244 e. The molecule has 1 aromatic heterocycles. The average Bonchev–Trinajstić information content (AvgIpc) is 2.90. The van der Waals surface area contributed by atoms with Gasteiger partial charge in [0, 0.05) is 22.9 Å². The van der Waals surface area contributed by atoms with Gasteiger partial charge in [-0.25, -0.2) is 4.98 Å². The summed E-state index contributed by atoms with van der Waals surface area (Å²) in [6.07, 6.45) is 3.41. The molecule has 1 aromatic rings. The molecule has 3 rings (SSSR count). The van der Waals surface area contributed by atoms with E-state index in [4.69, 9.17) is 0 Å². The molecule has 1 fully saturated rings. The van der Waals surface area contributed by atoms with Crippen LogP contribution >= 0.6 is 23.1 Å². The van der Waals surface area contributed by atoms with Gasteiger partial charge >= 0.3 is 0 Å². The van der Waals surface area contributed by atoms with E-state index < -0.39 is 0 Å². The van der Waals surface area contributed by atoms with Crippen molar-refractivity contribution >= 4 is 34.1 Å². The highest BCUT2D eigenvalue weighted by Crippen LogP contribution is 2.30. The van der Waals surface area contributed by atoms with E-state index >= 15 is 0 Å². The summed E-state index contributed by atoms with van der Waals surface area (Å²) in [7, 11) is 0. The number of nitrogens with one attached hydrogen (secondary N) is 2. The highest BCUT2D eigenvalue weighted by molar-refractivity contribution is 7.99. The normalized spacial score (nSPS) is 23.4. The Morgan fingerprint density at radius 2 is 2.41 bits per heavy atom. The first-order valence-corrected chi connectivity index (χ1v) is 7.90. The second-order valence-electron chi connectivity index (χ2n) is 4.31. The molecule has 1 unspecified atom stereocenters. The largest absolute Gasteiger partial charge is 0.304 e. The van der Waals surface area contributed by atoms with E-state index in [1.54, 1.807) is 11.3 Å². The summed E-state index contributed by atoms with van der Waals surface area (Å²) in [5.74, 6) is 2.01. The van der Waals surface area contributed by atoms with Crippen LogP contribution in [0.4, 0.5) is 5.13 Å². The Labute approximate surface area is 109 Å². The predicted molar refractivity (Wildman–Crippen MR) is 71.9 cm³/mol. The second-order valence-corrected chi connectivity index (χ2v) is 6.55. The number of rotatable bonds is 2. The van der Waals surface area contributed by atoms with Crippen LogP contribution < -0.4 is 10.6 Å². The van der Waals surface area contributed by atoms with E-state index in [0.717, 1.165) is 36.0 Å². The van der Waals surface area contributed by atoms with Crippen LogP contribution in [0.3, 0.4) is 0 Å². The van der Waals surface area contributed by atoms with Gasteiger partial charge in [0.25, 0.3) is 0 Å². The Balaban J connectivity index is 1.63. The number of thiazole rings is 1. The smallest absolute Gasteiger partial charge is 0.244 e. The van der Waals surface area contributed by atoms with Crippen molar-refractivity contribution in [2.24, 2.45) is 0 Å². The van der Waals surface area contributed by atoms with Crippen LogP contribution in [0.2, 0.25) is 0 Å². The third-order valence-electron chi connectivity index (χ3n) is 3.06. The van der Waals surface area contributed by atoms with Crippen molar-refractivity contribution in [3.05, 3.63) is 10.6 Å². The van der Waals surface area contributed by atoms with Gasteiger partial charge < -0.3 is 10.6 Å². The molecule has 0 spiro atoms. The highest BCUT2D eigenvalue weighted by Gasteiger charge is 2.23. The summed E-state index contributed by atoms with van der Waals surface area (Å²) >= 11 is 3.46. The van der Waals surface area contributed by atoms with E-state index in [1.807, 2.05) is 11.8 Å². The van der Waals surface area contributed by atoms with Crippen LogP contribution in [0.15, 0.2) is 0 Å². The number of thioether (sulfide) groups is 1. The summed E-state index contributed by atoms with van der Waals surface area (Å²) in [5, 5.41) is 6.94. The van der Waals surface area contributed by atoms with Crippen molar-refractivity contribution in [1.29, 1.82) is 0 Å². The predicted octanol–water partition coefficient (Wildman–Crippen LogP) is 1.28. The zero-order valence-corrected chi connectivity index (χ0v) is 11.1. The number of carbonyl (C=O) groups excluding carboxylic acids is 1. The molecule has 1 atom stereocenters. The monoisotopic (exact) mass is 269 g/mol. The fraction of sp³-hybridized carbons (Fsp3) is 0.636. The van der Waals surface area contributed by atoms with Gasteiger partial charge in [0.15, 0.2) is 5.13 Å². The van der Waals surface area contributed by atoms with Gasteiger partial charge in [-0.3, -0.25) is 4.79 Å². The molecular formula is C11H15N3OS2. The Kier molecular flexibility index (Phi) is 3.35. The van der Waals surface area contributed by atoms with Crippen molar-refractivity contribution in [2.75, 3.05) is 23.4 Å². The van der Waals surface area contributed by atoms with Crippen LogP contribution in [-0.4, -0.2) is 35.0 Å². The lowest BCUT2D eigenvalue weighted by molar-refractivity contribution is -0.117. The lowest BCUT2D eigenvalue weighted by Gasteiger charge is -2.21. The lowest BCUT2D eigenvalue weighted by atomic mass is 10.3. The fourth-order valence-corrected chi connectivity index (χ4v) is 4.16. The quantitative estimate of drug-likeness (QED) is 0.849. The number of fused-ring (bicyclic) bond motifs is 1. The summed E-state index contributed by atoms with van der Waals surface area (Å²) in [4.78, 5) is 17.8. The van der Waals surface area contributed by atoms with Gasteiger partial charge in [-0.2, -0.15) is 11.8 Å². The standard InChI is InChI=1S/C11H15N3OS2/c15-10(8-6-16-5-4-12-8)14-11-13-7-2-1-3-9(7)17-11/h8,12H,1-6H2,(H,13,14,15). The van der Waals surface area contributed by atoms with Crippen LogP contribution in [0.5, 0.6) is 0 Å². The topological polar surface area (TPSA) is 54.0 Å². The minimum absolute atomic E-state index is 0.0598. The van der Waals surface area contributed by atoms with Gasteiger partial charge in [-0.1, -0.05) is 0 Å². The molecule has 17 heavy (non-hydrogen) atoms. The lowest BCUT2D eigenvalue weighted by Crippen LogP contribution is -2.46. The van der Waals surface area contributed by atoms with E-state index in [-0.39, 0.29) is 11.9 Å². The molecule has 0 radical (unpaired) electrons. The first-order valence-electron chi connectivity index (χ1n) is 5.93. The van der Waals surface area contributed by atoms with Crippen molar-refractivity contribution in [2.45, 2.75) is 25.3 Å². The number of nitrogens with zero attached hydrogens (tertiary/aromatic N) is 1. The zero-order valence-electron chi connectivity index (χ0n) is 9.49. The molecule has 1 aliphatic heterocycles. The van der Waals surface area contributed by atoms with Gasteiger partial charge in [0.05, 0.1) is 11.7 Å². The van der Waals surface area contributed by atoms with Crippen LogP contribution in [0, 0.1) is 0 Å². The first kappa shape index (κ1) is 11.5. The molecule has 0 bridgehead atoms. The van der Waals surface area contributed by atoms with Crippen molar-refractivity contribution in [1.82, 2.24) is 10.3 Å². The Hall–Kier alpha value is -0.590. The summed E-state index contributed by atoms with van der Waals surface area (Å²) in [6.45, 7) is 0.914. The Morgan fingerprint density at radius 1 is 1.47 bits per heavy atom. The number of aromatic nitrogens is 1. The number of anilines is 1. The molecule has 1 saturated heterocycles. The molecule has 1 amide bonds. The molecule has 2 heterocycles. The molecule has 1 aliphatic carbocycles. The van der Waals surface area contributed by atoms with Crippen LogP contribution in [0.1, 0.15) is 17.0 Å². The summed E-state index contributed by atoms with van der Waals surface area (Å²) < 4.78 is 0. The van der Waals surface area contributed by atoms with Gasteiger partial charge in [0.1, 0.15) is 0 Å². The SMILES string of the molecule is O=C(Nc1nc2c(s1)CCC2)C1CSCCN1. The summed E-state index contributed by atoms with van der Waals surface area (Å²) in [6, 6.07) is -0.0625. The van der Waals surface area contributed by atoms with Gasteiger partial charge in [0.2, 0.25) is 5.91 Å². The number of carbonyl (C=O) groups is 1. The molecule has 0 aromatic carbocycles. The number of aryl methyl sites for hydroxylation is 2. The molecule has 2 N–H and O–H groups in total. The molecule has 92 valence electrons.